The molecule has 1 aliphatic heterocycles. The van der Waals surface area contributed by atoms with Crippen LogP contribution in [-0.4, -0.2) is 42.5 Å². The molecule has 2 heterocycles. The second-order valence-corrected chi connectivity index (χ2v) is 6.62. The largest absolute Gasteiger partial charge is 0.309 e. The standard InChI is InChI=1S/C12H17N3O3S/c1-9-5-3-7-11(13-9)14-12(16)10-6-4-8-15(10)19(2,17)18/h3,5,7,10H,4,6,8H2,1-2H3,(H,13,14,16)/t10-/m0/s1. The number of nitrogens with zero attached hydrogens (tertiary/aromatic N) is 2. The van der Waals surface area contributed by atoms with Gasteiger partial charge in [-0.2, -0.15) is 4.31 Å². The lowest BCUT2D eigenvalue weighted by Crippen LogP contribution is -2.42. The lowest BCUT2D eigenvalue weighted by atomic mass is 10.2. The van der Waals surface area contributed by atoms with Crippen LogP contribution in [-0.2, 0) is 14.8 Å². The Morgan fingerprint density at radius 2 is 2.21 bits per heavy atom. The van der Waals surface area contributed by atoms with Crippen LogP contribution >= 0.6 is 0 Å². The van der Waals surface area contributed by atoms with Crippen molar-refractivity contribution in [3.05, 3.63) is 23.9 Å². The number of hydrogen-bond donors (Lipinski definition) is 1. The maximum absolute atomic E-state index is 12.1. The normalized spacial score (nSPS) is 20.4. The third-order valence-corrected chi connectivity index (χ3v) is 4.36. The summed E-state index contributed by atoms with van der Waals surface area (Å²) in [5.41, 5.74) is 0.796. The fourth-order valence-corrected chi connectivity index (χ4v) is 3.35. The molecular formula is C12H17N3O3S. The molecule has 1 aromatic rings. The zero-order chi connectivity index (χ0) is 14.0. The monoisotopic (exact) mass is 283 g/mol. The minimum absolute atomic E-state index is 0.318. The Labute approximate surface area is 112 Å². The summed E-state index contributed by atoms with van der Waals surface area (Å²) in [4.78, 5) is 16.3. The Morgan fingerprint density at radius 3 is 2.84 bits per heavy atom. The molecule has 6 nitrogen and oxygen atoms in total. The van der Waals surface area contributed by atoms with Crippen molar-refractivity contribution in [2.24, 2.45) is 0 Å². The van der Waals surface area contributed by atoms with Crippen LogP contribution in [0.5, 0.6) is 0 Å². The predicted octanol–water partition coefficient (Wildman–Crippen LogP) is 0.753. The second-order valence-electron chi connectivity index (χ2n) is 4.69. The summed E-state index contributed by atoms with van der Waals surface area (Å²) < 4.78 is 24.4. The Kier molecular flexibility index (Phi) is 3.86. The Morgan fingerprint density at radius 1 is 1.47 bits per heavy atom. The summed E-state index contributed by atoms with van der Waals surface area (Å²) in [6, 6.07) is 4.68. The van der Waals surface area contributed by atoms with Gasteiger partial charge in [0.15, 0.2) is 0 Å². The molecule has 0 aromatic carbocycles. The van der Waals surface area contributed by atoms with E-state index >= 15 is 0 Å². The molecule has 7 heteroatoms. The quantitative estimate of drug-likeness (QED) is 0.888. The molecule has 0 radical (unpaired) electrons. The van der Waals surface area contributed by atoms with Crippen molar-refractivity contribution in [1.29, 1.82) is 0 Å². The summed E-state index contributed by atoms with van der Waals surface area (Å²) >= 11 is 0. The average Bonchev–Trinajstić information content (AvgIpc) is 2.77. The van der Waals surface area contributed by atoms with E-state index in [4.69, 9.17) is 0 Å². The van der Waals surface area contributed by atoms with Gasteiger partial charge in [0.1, 0.15) is 11.9 Å². The van der Waals surface area contributed by atoms with Gasteiger partial charge in [0.2, 0.25) is 15.9 Å². The summed E-state index contributed by atoms with van der Waals surface area (Å²) in [6.45, 7) is 2.23. The number of nitrogens with one attached hydrogen (secondary N) is 1. The molecule has 0 aliphatic carbocycles. The first-order valence-electron chi connectivity index (χ1n) is 6.09. The van der Waals surface area contributed by atoms with Crippen molar-refractivity contribution >= 4 is 21.7 Å². The maximum Gasteiger partial charge on any atom is 0.243 e. The molecule has 1 fully saturated rings. The number of carbonyl (C=O) groups is 1. The first-order valence-corrected chi connectivity index (χ1v) is 7.94. The van der Waals surface area contributed by atoms with Crippen LogP contribution in [0, 0.1) is 6.92 Å². The van der Waals surface area contributed by atoms with E-state index in [1.165, 1.54) is 4.31 Å². The number of aryl methyl sites for hydroxylation is 1. The molecule has 1 aliphatic rings. The lowest BCUT2D eigenvalue weighted by Gasteiger charge is -2.21. The van der Waals surface area contributed by atoms with Gasteiger partial charge in [-0.1, -0.05) is 6.07 Å². The molecule has 0 unspecified atom stereocenters. The van der Waals surface area contributed by atoms with E-state index in [-0.39, 0.29) is 5.91 Å². The first kappa shape index (κ1) is 14.0. The van der Waals surface area contributed by atoms with Crippen molar-refractivity contribution in [2.75, 3.05) is 18.1 Å². The van der Waals surface area contributed by atoms with Crippen LogP contribution in [0.4, 0.5) is 5.82 Å². The summed E-state index contributed by atoms with van der Waals surface area (Å²) in [5, 5.41) is 2.67. The highest BCUT2D eigenvalue weighted by atomic mass is 32.2. The number of sulfonamides is 1. The minimum Gasteiger partial charge on any atom is -0.309 e. The highest BCUT2D eigenvalue weighted by Crippen LogP contribution is 2.21. The number of aromatic nitrogens is 1. The molecule has 0 saturated carbocycles. The van der Waals surface area contributed by atoms with Gasteiger partial charge < -0.3 is 5.32 Å². The topological polar surface area (TPSA) is 79.4 Å². The molecule has 19 heavy (non-hydrogen) atoms. The van der Waals surface area contributed by atoms with E-state index < -0.39 is 16.1 Å². The van der Waals surface area contributed by atoms with Gasteiger partial charge in [0, 0.05) is 12.2 Å². The molecule has 2 rings (SSSR count). The third kappa shape index (κ3) is 3.30. The number of amides is 1. The maximum atomic E-state index is 12.1. The van der Waals surface area contributed by atoms with E-state index in [2.05, 4.69) is 10.3 Å². The van der Waals surface area contributed by atoms with E-state index in [1.807, 2.05) is 13.0 Å². The highest BCUT2D eigenvalue weighted by molar-refractivity contribution is 7.88. The molecule has 104 valence electrons. The summed E-state index contributed by atoms with van der Waals surface area (Å²) in [7, 11) is -3.35. The lowest BCUT2D eigenvalue weighted by molar-refractivity contribution is -0.119. The van der Waals surface area contributed by atoms with Crippen molar-refractivity contribution in [3.63, 3.8) is 0 Å². The third-order valence-electron chi connectivity index (χ3n) is 3.07. The zero-order valence-corrected chi connectivity index (χ0v) is 11.8. The number of anilines is 1. The van der Waals surface area contributed by atoms with Crippen LogP contribution in [0.25, 0.3) is 0 Å². The van der Waals surface area contributed by atoms with E-state index in [0.717, 1.165) is 11.9 Å². The zero-order valence-electron chi connectivity index (χ0n) is 11.0. The number of pyridine rings is 1. The van der Waals surface area contributed by atoms with Crippen LogP contribution in [0.1, 0.15) is 18.5 Å². The molecule has 1 saturated heterocycles. The van der Waals surface area contributed by atoms with Crippen molar-refractivity contribution in [2.45, 2.75) is 25.8 Å². The van der Waals surface area contributed by atoms with Crippen molar-refractivity contribution in [1.82, 2.24) is 9.29 Å². The molecule has 1 amide bonds. The molecule has 1 N–H and O–H groups in total. The van der Waals surface area contributed by atoms with E-state index in [9.17, 15) is 13.2 Å². The SMILES string of the molecule is Cc1cccc(NC(=O)[C@@H]2CCCN2S(C)(=O)=O)n1. The predicted molar refractivity (Wildman–Crippen MR) is 72.2 cm³/mol. The molecule has 0 spiro atoms. The fourth-order valence-electron chi connectivity index (χ4n) is 2.22. The van der Waals surface area contributed by atoms with Crippen molar-refractivity contribution in [3.8, 4) is 0 Å². The first-order chi connectivity index (χ1) is 8.88. The van der Waals surface area contributed by atoms with Crippen LogP contribution in [0.15, 0.2) is 18.2 Å². The van der Waals surface area contributed by atoms with Gasteiger partial charge in [-0.25, -0.2) is 13.4 Å². The number of hydrogen-bond acceptors (Lipinski definition) is 4. The van der Waals surface area contributed by atoms with Gasteiger partial charge in [0.05, 0.1) is 6.26 Å². The Hall–Kier alpha value is -1.47. The molecule has 0 bridgehead atoms. The number of carbonyl (C=O) groups excluding carboxylic acids is 1. The Balaban J connectivity index is 2.12. The van der Waals surface area contributed by atoms with Gasteiger partial charge in [-0.3, -0.25) is 4.79 Å². The second kappa shape index (κ2) is 5.26. The van der Waals surface area contributed by atoms with Gasteiger partial charge in [-0.15, -0.1) is 0 Å². The van der Waals surface area contributed by atoms with Crippen molar-refractivity contribution < 1.29 is 13.2 Å². The fraction of sp³-hybridized carbons (Fsp3) is 0.500. The van der Waals surface area contributed by atoms with Gasteiger partial charge >= 0.3 is 0 Å². The van der Waals surface area contributed by atoms with Crippen LogP contribution in [0.3, 0.4) is 0 Å². The Bertz CT molecular complexity index is 586. The smallest absolute Gasteiger partial charge is 0.243 e. The van der Waals surface area contributed by atoms with Gasteiger partial charge in [-0.05, 0) is 31.9 Å². The molecule has 1 aromatic heterocycles. The summed E-state index contributed by atoms with van der Waals surface area (Å²) in [5.74, 6) is 0.131. The number of rotatable bonds is 3. The van der Waals surface area contributed by atoms with E-state index in [1.54, 1.807) is 12.1 Å². The summed E-state index contributed by atoms with van der Waals surface area (Å²) in [6.07, 6.45) is 2.38. The minimum atomic E-state index is -3.35. The molecular weight excluding hydrogens is 266 g/mol. The van der Waals surface area contributed by atoms with Crippen LogP contribution in [0.2, 0.25) is 0 Å². The average molecular weight is 283 g/mol. The highest BCUT2D eigenvalue weighted by Gasteiger charge is 2.36. The molecule has 1 atom stereocenters. The van der Waals surface area contributed by atoms with Crippen LogP contribution < -0.4 is 5.32 Å². The van der Waals surface area contributed by atoms with E-state index in [0.29, 0.717) is 25.2 Å². The van der Waals surface area contributed by atoms with Gasteiger partial charge in [0.25, 0.3) is 0 Å².